The maximum atomic E-state index is 11.5. The highest BCUT2D eigenvalue weighted by atomic mass is 35.5. The van der Waals surface area contributed by atoms with Crippen LogP contribution in [0.4, 0.5) is 0 Å². The number of nitrogens with zero attached hydrogens (tertiary/aromatic N) is 1. The minimum absolute atomic E-state index is 0.0947. The van der Waals surface area contributed by atoms with Gasteiger partial charge in [0.1, 0.15) is 0 Å². The Morgan fingerprint density at radius 2 is 2.16 bits per heavy atom. The van der Waals surface area contributed by atoms with Crippen molar-refractivity contribution in [2.45, 2.75) is 32.3 Å². The number of aliphatic carboxylic acids is 1. The van der Waals surface area contributed by atoms with E-state index in [1.54, 1.807) is 6.92 Å². The van der Waals surface area contributed by atoms with Crippen molar-refractivity contribution in [1.82, 2.24) is 10.5 Å². The summed E-state index contributed by atoms with van der Waals surface area (Å²) in [5.74, 6) is -1.79. The summed E-state index contributed by atoms with van der Waals surface area (Å²) < 4.78 is 4.74. The third-order valence-electron chi connectivity index (χ3n) is 2.63. The number of aliphatic hydroxyl groups is 1. The van der Waals surface area contributed by atoms with Crippen molar-refractivity contribution in [3.63, 3.8) is 0 Å². The summed E-state index contributed by atoms with van der Waals surface area (Å²) in [6.07, 6.45) is 0.423. The minimum Gasteiger partial charge on any atom is -0.479 e. The lowest BCUT2D eigenvalue weighted by Gasteiger charge is -2.18. The standard InChI is InChI=1S/C11H15ClN2O5/c1-6-7(9(12)19-14-6)3-4-8(15)13-5-11(2,18)10(16)17/h18H,3-5H2,1-2H3,(H,13,15)(H,16,17). The van der Waals surface area contributed by atoms with Gasteiger partial charge in [-0.15, -0.1) is 0 Å². The van der Waals surface area contributed by atoms with Gasteiger partial charge in [-0.1, -0.05) is 5.16 Å². The summed E-state index contributed by atoms with van der Waals surface area (Å²) in [4.78, 5) is 22.1. The fourth-order valence-corrected chi connectivity index (χ4v) is 1.58. The lowest BCUT2D eigenvalue weighted by atomic mass is 10.1. The van der Waals surface area contributed by atoms with Crippen LogP contribution in [0.1, 0.15) is 24.6 Å². The van der Waals surface area contributed by atoms with Crippen LogP contribution >= 0.6 is 11.6 Å². The van der Waals surface area contributed by atoms with Crippen molar-refractivity contribution in [2.75, 3.05) is 6.54 Å². The highest BCUT2D eigenvalue weighted by Crippen LogP contribution is 2.20. The molecule has 106 valence electrons. The van der Waals surface area contributed by atoms with Gasteiger partial charge in [0.2, 0.25) is 11.1 Å². The second kappa shape index (κ2) is 6.03. The van der Waals surface area contributed by atoms with Gasteiger partial charge in [-0.2, -0.15) is 0 Å². The van der Waals surface area contributed by atoms with E-state index in [1.165, 1.54) is 0 Å². The smallest absolute Gasteiger partial charge is 0.337 e. The predicted molar refractivity (Wildman–Crippen MR) is 65.8 cm³/mol. The summed E-state index contributed by atoms with van der Waals surface area (Å²) in [6, 6.07) is 0. The van der Waals surface area contributed by atoms with E-state index in [-0.39, 0.29) is 18.2 Å². The third-order valence-corrected chi connectivity index (χ3v) is 2.93. The summed E-state index contributed by atoms with van der Waals surface area (Å²) in [6.45, 7) is 2.45. The van der Waals surface area contributed by atoms with Crippen LogP contribution in [-0.2, 0) is 16.0 Å². The SMILES string of the molecule is Cc1noc(Cl)c1CCC(=O)NCC(C)(O)C(=O)O. The van der Waals surface area contributed by atoms with Crippen LogP contribution < -0.4 is 5.32 Å². The Hall–Kier alpha value is -1.60. The second-order valence-electron chi connectivity index (χ2n) is 4.38. The fourth-order valence-electron chi connectivity index (χ4n) is 1.31. The number of nitrogens with one attached hydrogen (secondary N) is 1. The first-order valence-corrected chi connectivity index (χ1v) is 5.95. The maximum Gasteiger partial charge on any atom is 0.337 e. The molecule has 0 radical (unpaired) electrons. The molecule has 1 heterocycles. The van der Waals surface area contributed by atoms with Crippen LogP contribution in [0.2, 0.25) is 5.22 Å². The van der Waals surface area contributed by atoms with Crippen LogP contribution in [0.5, 0.6) is 0 Å². The molecule has 8 heteroatoms. The zero-order valence-corrected chi connectivity index (χ0v) is 11.3. The second-order valence-corrected chi connectivity index (χ2v) is 4.72. The summed E-state index contributed by atoms with van der Waals surface area (Å²) in [7, 11) is 0. The van der Waals surface area contributed by atoms with Gasteiger partial charge in [-0.25, -0.2) is 4.79 Å². The molecule has 1 aromatic rings. The van der Waals surface area contributed by atoms with Crippen molar-refractivity contribution in [1.29, 1.82) is 0 Å². The number of amides is 1. The van der Waals surface area contributed by atoms with E-state index in [0.717, 1.165) is 6.92 Å². The van der Waals surface area contributed by atoms with E-state index >= 15 is 0 Å². The number of carbonyl (C=O) groups is 2. The molecular weight excluding hydrogens is 276 g/mol. The largest absolute Gasteiger partial charge is 0.479 e. The molecule has 7 nitrogen and oxygen atoms in total. The highest BCUT2D eigenvalue weighted by Gasteiger charge is 2.30. The molecule has 3 N–H and O–H groups in total. The molecule has 0 saturated heterocycles. The number of hydrogen-bond donors (Lipinski definition) is 3. The van der Waals surface area contributed by atoms with Gasteiger partial charge in [-0.3, -0.25) is 4.79 Å². The molecule has 0 spiro atoms. The van der Waals surface area contributed by atoms with Gasteiger partial charge in [-0.05, 0) is 31.9 Å². The number of carboxylic acids is 1. The number of hydrogen-bond acceptors (Lipinski definition) is 5. The van der Waals surface area contributed by atoms with Gasteiger partial charge < -0.3 is 20.1 Å². The van der Waals surface area contributed by atoms with Crippen molar-refractivity contribution in [3.05, 3.63) is 16.5 Å². The van der Waals surface area contributed by atoms with E-state index < -0.39 is 17.5 Å². The number of halogens is 1. The Balaban J connectivity index is 2.43. The maximum absolute atomic E-state index is 11.5. The normalized spacial score (nSPS) is 13.9. The van der Waals surface area contributed by atoms with Crippen LogP contribution in [0, 0.1) is 6.92 Å². The highest BCUT2D eigenvalue weighted by molar-refractivity contribution is 6.29. The Morgan fingerprint density at radius 1 is 1.53 bits per heavy atom. The Bertz CT molecular complexity index is 464. The van der Waals surface area contributed by atoms with E-state index in [4.69, 9.17) is 21.2 Å². The number of aryl methyl sites for hydroxylation is 1. The molecule has 0 aliphatic rings. The summed E-state index contributed by atoms with van der Waals surface area (Å²) in [5, 5.41) is 24.2. The predicted octanol–water partition coefficient (Wildman–Crippen LogP) is 0.521. The van der Waals surface area contributed by atoms with Gasteiger partial charge in [0.25, 0.3) is 0 Å². The van der Waals surface area contributed by atoms with Gasteiger partial charge in [0.15, 0.2) is 5.60 Å². The molecule has 1 amide bonds. The molecule has 1 rings (SSSR count). The van der Waals surface area contributed by atoms with Gasteiger partial charge in [0, 0.05) is 12.0 Å². The van der Waals surface area contributed by atoms with E-state index in [2.05, 4.69) is 10.5 Å². The van der Waals surface area contributed by atoms with Crippen LogP contribution in [0.15, 0.2) is 4.52 Å². The number of carboxylic acid groups (broad SMARTS) is 1. The lowest BCUT2D eigenvalue weighted by Crippen LogP contribution is -2.46. The van der Waals surface area contributed by atoms with Crippen LogP contribution in [-0.4, -0.2) is 39.4 Å². The number of rotatable bonds is 6. The quantitative estimate of drug-likeness (QED) is 0.704. The monoisotopic (exact) mass is 290 g/mol. The molecule has 1 aromatic heterocycles. The molecule has 0 fully saturated rings. The molecular formula is C11H15ClN2O5. The lowest BCUT2D eigenvalue weighted by molar-refractivity contribution is -0.156. The topological polar surface area (TPSA) is 113 Å². The van der Waals surface area contributed by atoms with E-state index in [1.807, 2.05) is 0 Å². The van der Waals surface area contributed by atoms with Crippen LogP contribution in [0.25, 0.3) is 0 Å². The Morgan fingerprint density at radius 3 is 2.63 bits per heavy atom. The van der Waals surface area contributed by atoms with E-state index in [0.29, 0.717) is 17.7 Å². The third kappa shape index (κ3) is 4.22. The minimum atomic E-state index is -1.99. The van der Waals surface area contributed by atoms with E-state index in [9.17, 15) is 14.7 Å². The molecule has 0 saturated carbocycles. The van der Waals surface area contributed by atoms with Crippen LogP contribution in [0.3, 0.4) is 0 Å². The molecule has 1 unspecified atom stereocenters. The van der Waals surface area contributed by atoms with Crippen molar-refractivity contribution in [3.8, 4) is 0 Å². The molecule has 0 aliphatic heterocycles. The first-order valence-electron chi connectivity index (χ1n) is 5.57. The molecule has 1 atom stereocenters. The van der Waals surface area contributed by atoms with Gasteiger partial charge >= 0.3 is 5.97 Å². The average Bonchev–Trinajstić information content (AvgIpc) is 2.64. The molecule has 0 aromatic carbocycles. The molecule has 19 heavy (non-hydrogen) atoms. The summed E-state index contributed by atoms with van der Waals surface area (Å²) >= 11 is 5.74. The summed E-state index contributed by atoms with van der Waals surface area (Å²) in [5.41, 5.74) is -0.738. The van der Waals surface area contributed by atoms with Gasteiger partial charge in [0.05, 0.1) is 12.2 Å². The first-order chi connectivity index (χ1) is 8.74. The fraction of sp³-hybridized carbons (Fsp3) is 0.545. The number of carbonyl (C=O) groups excluding carboxylic acids is 1. The number of aromatic nitrogens is 1. The first kappa shape index (κ1) is 15.5. The Kier molecular flexibility index (Phi) is 4.90. The zero-order chi connectivity index (χ0) is 14.6. The van der Waals surface area contributed by atoms with Crippen molar-refractivity contribution in [2.24, 2.45) is 0 Å². The Labute approximate surface area is 114 Å². The molecule has 0 aliphatic carbocycles. The van der Waals surface area contributed by atoms with Crippen molar-refractivity contribution >= 4 is 23.5 Å². The molecule has 0 bridgehead atoms. The van der Waals surface area contributed by atoms with Crippen molar-refractivity contribution < 1.29 is 24.3 Å². The zero-order valence-electron chi connectivity index (χ0n) is 10.6. The average molecular weight is 291 g/mol.